The molecule has 2 rings (SSSR count). The molecule has 2 heteroatoms. The van der Waals surface area contributed by atoms with Crippen LogP contribution >= 0.6 is 0 Å². The third-order valence-electron chi connectivity index (χ3n) is 4.84. The number of hydrogen-bond donors (Lipinski definition) is 1. The van der Waals surface area contributed by atoms with Gasteiger partial charge in [0.05, 0.1) is 5.60 Å². The molecule has 1 N–H and O–H groups in total. The lowest BCUT2D eigenvalue weighted by Gasteiger charge is -2.41. The van der Waals surface area contributed by atoms with Gasteiger partial charge in [0.1, 0.15) is 0 Å². The predicted octanol–water partition coefficient (Wildman–Crippen LogP) is 2.97. The van der Waals surface area contributed by atoms with E-state index in [0.717, 1.165) is 18.4 Å². The van der Waals surface area contributed by atoms with Crippen molar-refractivity contribution in [3.63, 3.8) is 0 Å². The van der Waals surface area contributed by atoms with Crippen LogP contribution in [-0.4, -0.2) is 25.8 Å². The van der Waals surface area contributed by atoms with Gasteiger partial charge >= 0.3 is 0 Å². The van der Waals surface area contributed by atoms with Gasteiger partial charge in [-0.2, -0.15) is 0 Å². The lowest BCUT2D eigenvalue weighted by atomic mass is 9.78. The van der Waals surface area contributed by atoms with Gasteiger partial charge < -0.3 is 10.1 Å². The maximum absolute atomic E-state index is 5.63. The highest BCUT2D eigenvalue weighted by Gasteiger charge is 2.36. The Labute approximate surface area is 100 Å². The Bertz CT molecular complexity index is 207. The highest BCUT2D eigenvalue weighted by atomic mass is 16.5. The van der Waals surface area contributed by atoms with E-state index in [1.165, 1.54) is 51.5 Å². The van der Waals surface area contributed by atoms with Crippen LogP contribution in [0.4, 0.5) is 0 Å². The number of rotatable bonds is 5. The van der Waals surface area contributed by atoms with E-state index in [0.29, 0.717) is 0 Å². The van der Waals surface area contributed by atoms with Crippen molar-refractivity contribution in [1.82, 2.24) is 5.32 Å². The summed E-state index contributed by atoms with van der Waals surface area (Å²) in [5.74, 6) is 1.82. The maximum Gasteiger partial charge on any atom is 0.0802 e. The molecule has 0 aliphatic heterocycles. The van der Waals surface area contributed by atoms with E-state index in [9.17, 15) is 0 Å². The van der Waals surface area contributed by atoms with Crippen molar-refractivity contribution >= 4 is 0 Å². The van der Waals surface area contributed by atoms with E-state index in [-0.39, 0.29) is 5.60 Å². The summed E-state index contributed by atoms with van der Waals surface area (Å²) in [5, 5.41) is 3.65. The summed E-state index contributed by atoms with van der Waals surface area (Å²) >= 11 is 0. The molecule has 0 radical (unpaired) electrons. The Kier molecular flexibility index (Phi) is 4.26. The Hall–Kier alpha value is -0.0800. The highest BCUT2D eigenvalue weighted by Crippen LogP contribution is 2.34. The molecule has 2 aliphatic rings. The van der Waals surface area contributed by atoms with Crippen molar-refractivity contribution in [2.24, 2.45) is 11.8 Å². The largest absolute Gasteiger partial charge is 0.377 e. The smallest absolute Gasteiger partial charge is 0.0802 e. The molecule has 0 heterocycles. The van der Waals surface area contributed by atoms with Crippen molar-refractivity contribution < 1.29 is 4.74 Å². The van der Waals surface area contributed by atoms with E-state index < -0.39 is 0 Å². The Balaban J connectivity index is 1.66. The minimum atomic E-state index is 0.192. The summed E-state index contributed by atoms with van der Waals surface area (Å²) in [6, 6.07) is 0. The van der Waals surface area contributed by atoms with E-state index >= 15 is 0 Å². The normalized spacial score (nSPS) is 33.4. The minimum Gasteiger partial charge on any atom is -0.377 e. The first-order valence-electron chi connectivity index (χ1n) is 7.02. The Morgan fingerprint density at radius 3 is 2.50 bits per heavy atom. The number of hydrogen-bond acceptors (Lipinski definition) is 2. The van der Waals surface area contributed by atoms with Crippen LogP contribution in [0.15, 0.2) is 0 Å². The van der Waals surface area contributed by atoms with E-state index in [4.69, 9.17) is 4.74 Å². The second-order valence-corrected chi connectivity index (χ2v) is 5.89. The summed E-state index contributed by atoms with van der Waals surface area (Å²) < 4.78 is 5.63. The zero-order valence-electron chi connectivity index (χ0n) is 10.9. The monoisotopic (exact) mass is 225 g/mol. The van der Waals surface area contributed by atoms with Gasteiger partial charge in [0.15, 0.2) is 0 Å². The predicted molar refractivity (Wildman–Crippen MR) is 67.6 cm³/mol. The molecule has 94 valence electrons. The van der Waals surface area contributed by atoms with Crippen LogP contribution < -0.4 is 5.32 Å². The molecule has 0 aromatic heterocycles. The molecule has 0 aromatic carbocycles. The highest BCUT2D eigenvalue weighted by molar-refractivity contribution is 4.91. The van der Waals surface area contributed by atoms with Crippen LogP contribution in [0.25, 0.3) is 0 Å². The van der Waals surface area contributed by atoms with Crippen molar-refractivity contribution in [1.29, 1.82) is 0 Å². The van der Waals surface area contributed by atoms with Crippen molar-refractivity contribution in [3.05, 3.63) is 0 Å². The van der Waals surface area contributed by atoms with Crippen LogP contribution in [0.3, 0.4) is 0 Å². The molecule has 0 amide bonds. The lowest BCUT2D eigenvalue weighted by molar-refractivity contribution is -0.0700. The van der Waals surface area contributed by atoms with Crippen molar-refractivity contribution in [2.45, 2.75) is 57.5 Å². The van der Waals surface area contributed by atoms with Gasteiger partial charge in [0, 0.05) is 13.7 Å². The zero-order valence-corrected chi connectivity index (χ0v) is 10.9. The molecular formula is C14H27NO. The number of methoxy groups -OCH3 is 1. The Morgan fingerprint density at radius 1 is 1.19 bits per heavy atom. The fraction of sp³-hybridized carbons (Fsp3) is 1.00. The minimum absolute atomic E-state index is 0.192. The average Bonchev–Trinajstić information content (AvgIpc) is 2.25. The molecule has 0 bridgehead atoms. The molecule has 2 unspecified atom stereocenters. The summed E-state index contributed by atoms with van der Waals surface area (Å²) in [7, 11) is 1.87. The van der Waals surface area contributed by atoms with E-state index in [1.54, 1.807) is 0 Å². The Morgan fingerprint density at radius 2 is 1.94 bits per heavy atom. The van der Waals surface area contributed by atoms with Gasteiger partial charge in [-0.05, 0) is 44.1 Å². The fourth-order valence-electron chi connectivity index (χ4n) is 3.21. The second kappa shape index (κ2) is 5.50. The van der Waals surface area contributed by atoms with Gasteiger partial charge in [-0.3, -0.25) is 0 Å². The SMILES string of the molecule is COC1(CNCC2CCCCC2C)CCC1. The summed E-state index contributed by atoms with van der Waals surface area (Å²) in [6.07, 6.45) is 9.57. The molecule has 0 spiro atoms. The van der Waals surface area contributed by atoms with Gasteiger partial charge in [-0.15, -0.1) is 0 Å². The molecule has 0 saturated heterocycles. The maximum atomic E-state index is 5.63. The topological polar surface area (TPSA) is 21.3 Å². The van der Waals surface area contributed by atoms with Gasteiger partial charge in [-0.1, -0.05) is 26.2 Å². The standard InChI is InChI=1S/C14H27NO/c1-12-6-3-4-7-13(12)10-15-11-14(16-2)8-5-9-14/h12-13,15H,3-11H2,1-2H3. The van der Waals surface area contributed by atoms with Gasteiger partial charge in [0.25, 0.3) is 0 Å². The summed E-state index contributed by atoms with van der Waals surface area (Å²) in [5.41, 5.74) is 0.192. The van der Waals surface area contributed by atoms with Crippen LogP contribution in [0.2, 0.25) is 0 Å². The molecular weight excluding hydrogens is 198 g/mol. The second-order valence-electron chi connectivity index (χ2n) is 5.89. The molecule has 2 aliphatic carbocycles. The van der Waals surface area contributed by atoms with Gasteiger partial charge in [-0.25, -0.2) is 0 Å². The third-order valence-corrected chi connectivity index (χ3v) is 4.84. The fourth-order valence-corrected chi connectivity index (χ4v) is 3.21. The average molecular weight is 225 g/mol. The van der Waals surface area contributed by atoms with E-state index in [2.05, 4.69) is 12.2 Å². The first-order chi connectivity index (χ1) is 7.76. The lowest BCUT2D eigenvalue weighted by Crippen LogP contribution is -2.49. The summed E-state index contributed by atoms with van der Waals surface area (Å²) in [4.78, 5) is 0. The first-order valence-corrected chi connectivity index (χ1v) is 7.02. The van der Waals surface area contributed by atoms with Gasteiger partial charge in [0.2, 0.25) is 0 Å². The molecule has 0 aromatic rings. The number of ether oxygens (including phenoxy) is 1. The van der Waals surface area contributed by atoms with Crippen molar-refractivity contribution in [3.8, 4) is 0 Å². The van der Waals surface area contributed by atoms with E-state index in [1.807, 2.05) is 7.11 Å². The first kappa shape index (κ1) is 12.4. The van der Waals surface area contributed by atoms with Crippen LogP contribution in [0, 0.1) is 11.8 Å². The summed E-state index contributed by atoms with van der Waals surface area (Å²) in [6.45, 7) is 4.68. The van der Waals surface area contributed by atoms with Crippen LogP contribution in [0.1, 0.15) is 51.9 Å². The molecule has 2 atom stereocenters. The molecule has 16 heavy (non-hydrogen) atoms. The quantitative estimate of drug-likeness (QED) is 0.776. The molecule has 2 nitrogen and oxygen atoms in total. The van der Waals surface area contributed by atoms with Crippen LogP contribution in [0.5, 0.6) is 0 Å². The van der Waals surface area contributed by atoms with Crippen molar-refractivity contribution in [2.75, 3.05) is 20.2 Å². The molecule has 2 fully saturated rings. The zero-order chi connectivity index (χ0) is 11.4. The third kappa shape index (κ3) is 2.78. The molecule has 2 saturated carbocycles. The number of nitrogens with one attached hydrogen (secondary N) is 1. The van der Waals surface area contributed by atoms with Crippen LogP contribution in [-0.2, 0) is 4.74 Å².